The first-order valence-electron chi connectivity index (χ1n) is 13.8. The highest BCUT2D eigenvalue weighted by Gasteiger charge is 2.50. The molecule has 5 atom stereocenters. The van der Waals surface area contributed by atoms with Gasteiger partial charge in [-0.25, -0.2) is 9.10 Å². The molecule has 0 radical (unpaired) electrons. The molecule has 13 heteroatoms. The molecule has 6 N–H and O–H groups in total. The van der Waals surface area contributed by atoms with Gasteiger partial charge in [0.25, 0.3) is 5.78 Å². The number of fused-ring (bicyclic) bond motifs is 1. The molecule has 41 heavy (non-hydrogen) atoms. The number of ketones is 1. The number of hydrogen-bond donors (Lipinski definition) is 5. The average molecular weight is 595 g/mol. The summed E-state index contributed by atoms with van der Waals surface area (Å²) in [6, 6.07) is 7.34. The maximum Gasteiger partial charge on any atom is 0.373 e. The Morgan fingerprint density at radius 1 is 1.24 bits per heavy atom. The zero-order chi connectivity index (χ0) is 30.8. The number of amides is 1. The number of nitrogens with zero attached hydrogens (tertiary/aromatic N) is 3. The van der Waals surface area contributed by atoms with Gasteiger partial charge >= 0.3 is 5.97 Å². The smallest absolute Gasteiger partial charge is 0.373 e. The van der Waals surface area contributed by atoms with Crippen LogP contribution >= 0.6 is 0 Å². The van der Waals surface area contributed by atoms with Crippen LogP contribution in [0.3, 0.4) is 0 Å². The maximum atomic E-state index is 13.3. The summed E-state index contributed by atoms with van der Waals surface area (Å²) in [6.07, 6.45) is 6.08. The molecule has 4 rings (SSSR count). The number of carboxylic acids is 1. The number of hydrogen-bond acceptors (Lipinski definition) is 8. The van der Waals surface area contributed by atoms with Crippen molar-refractivity contribution in [3.63, 3.8) is 0 Å². The lowest BCUT2D eigenvalue weighted by molar-refractivity contribution is -0.153. The molecule has 3 aliphatic heterocycles. The largest absolute Gasteiger partial charge is 0.475 e. The Labute approximate surface area is 243 Å². The highest BCUT2D eigenvalue weighted by atomic mass is 32.2. The third-order valence-electron chi connectivity index (χ3n) is 7.56. The molecule has 1 amide bonds. The molecule has 0 bridgehead atoms. The molecule has 1 aromatic carbocycles. The predicted octanol–water partition coefficient (Wildman–Crippen LogP) is 0.488. The minimum absolute atomic E-state index is 0.0815. The van der Waals surface area contributed by atoms with E-state index in [0.29, 0.717) is 19.4 Å². The molecule has 0 spiro atoms. The summed E-state index contributed by atoms with van der Waals surface area (Å²) in [7, 11) is -0.509. The molecule has 3 heterocycles. The second kappa shape index (κ2) is 15.4. The molecule has 3 saturated heterocycles. The first-order valence-corrected chi connectivity index (χ1v) is 15.7. The van der Waals surface area contributed by atoms with Gasteiger partial charge in [-0.3, -0.25) is 24.5 Å². The summed E-state index contributed by atoms with van der Waals surface area (Å²) in [4.78, 5) is 39.6. The topological polar surface area (TPSA) is 180 Å². The molecular weight excluding hydrogens is 548 g/mol. The van der Waals surface area contributed by atoms with Crippen molar-refractivity contribution in [3.05, 3.63) is 35.9 Å². The molecule has 0 aromatic heterocycles. The van der Waals surface area contributed by atoms with Gasteiger partial charge in [0.2, 0.25) is 5.91 Å². The first kappa shape index (κ1) is 34.4. The molecule has 0 aliphatic carbocycles. The van der Waals surface area contributed by atoms with E-state index in [1.54, 1.807) is 9.21 Å². The second-order valence-electron chi connectivity index (χ2n) is 11.0. The fourth-order valence-corrected chi connectivity index (χ4v) is 7.23. The quantitative estimate of drug-likeness (QED) is 0.0941. The fraction of sp³-hybridized carbons (Fsp3) is 0.607. The number of aliphatic carboxylic acids is 1. The predicted molar refractivity (Wildman–Crippen MR) is 161 cm³/mol. The standard InChI is InChI=1S/C21H29N3O6S.C6H13N.CH4N2/c1-14(19(26)20(27)28)22-21(2,29)17-10-9-16-11-23(12-18(25)24(16)17)31(3,30)13-15-7-5-4-6-8-15;1-7-5-3-2-4-6-7;2-1-3/h4-8,14,16-17,22,29H,3,9-13H2,1-2H3,(H,27,28);2-6H2,1H3;1H,(H3,2,3). The number of benzene rings is 1. The SMILES string of the molecule is C=S(=O)(Cc1ccccc1)N1CC(=O)N2C(CCC2C(C)(O)NC(C)C(=O)C(=O)O)C1.CN1CCCCC1.N=CN. The number of piperazine rings is 1. The van der Waals surface area contributed by atoms with Crippen LogP contribution in [0, 0.1) is 5.41 Å². The number of aliphatic hydroxyl groups is 1. The molecule has 5 unspecified atom stereocenters. The van der Waals surface area contributed by atoms with Crippen LogP contribution in [0.15, 0.2) is 30.3 Å². The Morgan fingerprint density at radius 2 is 1.83 bits per heavy atom. The van der Waals surface area contributed by atoms with Crippen LogP contribution in [0.2, 0.25) is 0 Å². The number of carbonyl (C=O) groups is 3. The van der Waals surface area contributed by atoms with Crippen molar-refractivity contribution in [2.45, 2.75) is 75.6 Å². The van der Waals surface area contributed by atoms with E-state index in [1.807, 2.05) is 30.3 Å². The Kier molecular flexibility index (Phi) is 12.9. The Balaban J connectivity index is 0.000000498. The highest BCUT2D eigenvalue weighted by Crippen LogP contribution is 2.34. The maximum absolute atomic E-state index is 13.3. The zero-order valence-corrected chi connectivity index (χ0v) is 25.1. The van der Waals surface area contributed by atoms with Crippen molar-refractivity contribution < 1.29 is 28.8 Å². The lowest BCUT2D eigenvalue weighted by Gasteiger charge is -2.45. The Hall–Kier alpha value is -2.84. The van der Waals surface area contributed by atoms with Crippen molar-refractivity contribution >= 4 is 39.6 Å². The van der Waals surface area contributed by atoms with Crippen molar-refractivity contribution in [1.82, 2.24) is 19.4 Å². The van der Waals surface area contributed by atoms with Gasteiger partial charge < -0.3 is 25.7 Å². The molecular formula is C28H46N6O6S. The van der Waals surface area contributed by atoms with Crippen LogP contribution in [0.5, 0.6) is 0 Å². The zero-order valence-electron chi connectivity index (χ0n) is 24.3. The van der Waals surface area contributed by atoms with E-state index in [1.165, 1.54) is 46.2 Å². The summed E-state index contributed by atoms with van der Waals surface area (Å²) in [5, 5.41) is 28.4. The van der Waals surface area contributed by atoms with E-state index in [9.17, 15) is 23.7 Å². The summed E-state index contributed by atoms with van der Waals surface area (Å²) in [5.74, 6) is 1.22. The number of nitrogens with two attached hydrogens (primary N) is 1. The minimum Gasteiger partial charge on any atom is -0.475 e. The number of nitrogens with one attached hydrogen (secondary N) is 2. The van der Waals surface area contributed by atoms with E-state index in [4.69, 9.17) is 10.5 Å². The van der Waals surface area contributed by atoms with Crippen molar-refractivity contribution in [3.8, 4) is 0 Å². The third-order valence-corrected chi connectivity index (χ3v) is 9.57. The van der Waals surface area contributed by atoms with Crippen LogP contribution in [0.1, 0.15) is 51.5 Å². The second-order valence-corrected chi connectivity index (χ2v) is 13.3. The lowest BCUT2D eigenvalue weighted by atomic mass is 10.0. The number of carbonyl (C=O) groups excluding carboxylic acids is 2. The molecule has 0 saturated carbocycles. The van der Waals surface area contributed by atoms with Crippen LogP contribution in [0.25, 0.3) is 0 Å². The van der Waals surface area contributed by atoms with E-state index in [2.05, 4.69) is 28.9 Å². The van der Waals surface area contributed by atoms with Gasteiger partial charge in [0.1, 0.15) is 5.72 Å². The first-order chi connectivity index (χ1) is 19.2. The van der Waals surface area contributed by atoms with Gasteiger partial charge in [0, 0.05) is 22.3 Å². The van der Waals surface area contributed by atoms with Gasteiger partial charge in [-0.2, -0.15) is 0 Å². The van der Waals surface area contributed by atoms with Crippen molar-refractivity contribution in [2.24, 2.45) is 5.73 Å². The monoisotopic (exact) mass is 594 g/mol. The van der Waals surface area contributed by atoms with Crippen molar-refractivity contribution in [1.29, 1.82) is 5.41 Å². The van der Waals surface area contributed by atoms with E-state index < -0.39 is 39.3 Å². The van der Waals surface area contributed by atoms with Gasteiger partial charge in [0.05, 0.1) is 30.7 Å². The highest BCUT2D eigenvalue weighted by molar-refractivity contribution is 7.97. The lowest BCUT2D eigenvalue weighted by Crippen LogP contribution is -2.66. The molecule has 3 fully saturated rings. The average Bonchev–Trinajstić information content (AvgIpc) is 3.36. The molecule has 1 aromatic rings. The van der Waals surface area contributed by atoms with Crippen LogP contribution < -0.4 is 11.1 Å². The molecule has 3 aliphatic rings. The summed E-state index contributed by atoms with van der Waals surface area (Å²) >= 11 is 0. The molecule has 12 nitrogen and oxygen atoms in total. The number of piperidine rings is 1. The minimum atomic E-state index is -2.70. The Bertz CT molecular complexity index is 1140. The van der Waals surface area contributed by atoms with Gasteiger partial charge in [-0.1, -0.05) is 36.8 Å². The fourth-order valence-electron chi connectivity index (χ4n) is 5.54. The molecule has 230 valence electrons. The number of Topliss-reactive ketones (excluding diaryl/α,β-unsaturated/α-hetero) is 1. The van der Waals surface area contributed by atoms with Crippen LogP contribution in [-0.4, -0.2) is 115 Å². The van der Waals surface area contributed by atoms with E-state index in [-0.39, 0.29) is 24.2 Å². The Morgan fingerprint density at radius 3 is 2.34 bits per heavy atom. The van der Waals surface area contributed by atoms with Crippen LogP contribution in [0.4, 0.5) is 0 Å². The van der Waals surface area contributed by atoms with E-state index in [0.717, 1.165) is 11.9 Å². The van der Waals surface area contributed by atoms with Crippen molar-refractivity contribution in [2.75, 3.05) is 33.2 Å². The van der Waals surface area contributed by atoms with Gasteiger partial charge in [0.15, 0.2) is 0 Å². The number of likely N-dealkylation sites (tertiary alicyclic amines) is 1. The summed E-state index contributed by atoms with van der Waals surface area (Å²) in [6.45, 7) is 5.73. The van der Waals surface area contributed by atoms with Gasteiger partial charge in [-0.15, -0.1) is 0 Å². The third kappa shape index (κ3) is 9.89. The summed E-state index contributed by atoms with van der Waals surface area (Å²) < 4.78 is 14.9. The van der Waals surface area contributed by atoms with E-state index >= 15 is 0 Å². The normalized spacial score (nSPS) is 24.7. The van der Waals surface area contributed by atoms with Gasteiger partial charge in [-0.05, 0) is 71.1 Å². The number of carboxylic acid groups (broad SMARTS) is 1. The van der Waals surface area contributed by atoms with Crippen LogP contribution in [-0.2, 0) is 29.8 Å². The summed E-state index contributed by atoms with van der Waals surface area (Å²) in [5.41, 5.74) is 3.61. The number of rotatable bonds is 8.